The quantitative estimate of drug-likeness (QED) is 0.305. The van der Waals surface area contributed by atoms with Gasteiger partial charge in [0.1, 0.15) is 5.82 Å². The summed E-state index contributed by atoms with van der Waals surface area (Å²) in [5.41, 5.74) is 6.25. The molecule has 0 saturated heterocycles. The van der Waals surface area contributed by atoms with E-state index in [0.29, 0.717) is 24.4 Å². The van der Waals surface area contributed by atoms with Gasteiger partial charge in [-0.05, 0) is 41.0 Å². The highest BCUT2D eigenvalue weighted by atomic mass is 19.1. The molecule has 1 amide bonds. The molecule has 4 aromatic rings. The number of carbonyl (C=O) groups excluding carboxylic acids is 1. The van der Waals surface area contributed by atoms with Crippen molar-refractivity contribution in [2.24, 2.45) is 0 Å². The zero-order chi connectivity index (χ0) is 23.6. The first-order valence-electron chi connectivity index (χ1n) is 10.9. The summed E-state index contributed by atoms with van der Waals surface area (Å²) in [6.45, 7) is 0.878. The van der Waals surface area contributed by atoms with Gasteiger partial charge in [-0.3, -0.25) is 14.5 Å². The molecule has 172 valence electrons. The highest BCUT2D eigenvalue weighted by Crippen LogP contribution is 2.24. The van der Waals surface area contributed by atoms with E-state index in [4.69, 9.17) is 9.68 Å². The summed E-state index contributed by atoms with van der Waals surface area (Å²) >= 11 is 0. The second-order valence-electron chi connectivity index (χ2n) is 7.64. The van der Waals surface area contributed by atoms with Gasteiger partial charge in [-0.1, -0.05) is 84.9 Å². The van der Waals surface area contributed by atoms with Crippen molar-refractivity contribution in [1.82, 2.24) is 5.48 Å². The van der Waals surface area contributed by atoms with Gasteiger partial charge in [0.05, 0.1) is 31.0 Å². The summed E-state index contributed by atoms with van der Waals surface area (Å²) in [5.74, 6) is -0.699. The number of anilines is 1. The van der Waals surface area contributed by atoms with Crippen LogP contribution in [0.2, 0.25) is 0 Å². The number of hydrogen-bond donors (Lipinski definition) is 1. The topological polar surface area (TPSA) is 50.8 Å². The number of hydroxylamine groups is 2. The number of amides is 1. The Labute approximate surface area is 198 Å². The summed E-state index contributed by atoms with van der Waals surface area (Å²) in [4.78, 5) is 24.5. The fourth-order valence-corrected chi connectivity index (χ4v) is 3.38. The fraction of sp³-hybridized carbons (Fsp3) is 0.107. The van der Waals surface area contributed by atoms with Gasteiger partial charge >= 0.3 is 0 Å². The third kappa shape index (κ3) is 6.51. The number of nitrogens with zero attached hydrogens (tertiary/aromatic N) is 1. The van der Waals surface area contributed by atoms with Crippen molar-refractivity contribution >= 4 is 11.6 Å². The maximum Gasteiger partial charge on any atom is 0.277 e. The Morgan fingerprint density at radius 1 is 0.706 bits per heavy atom. The number of halogens is 1. The number of para-hydroxylation sites is 1. The van der Waals surface area contributed by atoms with Gasteiger partial charge in [-0.15, -0.1) is 0 Å². The molecular weight excluding hydrogens is 431 g/mol. The summed E-state index contributed by atoms with van der Waals surface area (Å²) < 4.78 is 13.4. The molecule has 0 spiro atoms. The lowest BCUT2D eigenvalue weighted by Crippen LogP contribution is -2.29. The van der Waals surface area contributed by atoms with Crippen molar-refractivity contribution in [2.45, 2.75) is 19.8 Å². The second kappa shape index (κ2) is 11.7. The van der Waals surface area contributed by atoms with Crippen LogP contribution in [0.15, 0.2) is 109 Å². The molecule has 1 N–H and O–H groups in total. The summed E-state index contributed by atoms with van der Waals surface area (Å²) in [7, 11) is 0. The van der Waals surface area contributed by atoms with Crippen molar-refractivity contribution in [3.05, 3.63) is 137 Å². The molecule has 0 unspecified atom stereocenters. The van der Waals surface area contributed by atoms with E-state index in [0.717, 1.165) is 16.7 Å². The lowest BCUT2D eigenvalue weighted by atomic mass is 10.1. The molecule has 0 atom stereocenters. The molecule has 6 heteroatoms. The Balaban J connectivity index is 1.52. The highest BCUT2D eigenvalue weighted by molar-refractivity contribution is 5.99. The minimum absolute atomic E-state index is 0.249. The molecule has 0 aliphatic rings. The standard InChI is InChI=1S/C28H25FN2O3/c29-25-17-15-22(16-18-25)19-31(34-21-24-11-5-2-6-12-24)27-14-8-7-13-26(27)28(32)30-33-20-23-9-3-1-4-10-23/h1-18H,19-21H2,(H,30,32). The molecule has 0 aromatic heterocycles. The predicted octanol–water partition coefficient (Wildman–Crippen LogP) is 5.83. The third-order valence-electron chi connectivity index (χ3n) is 5.13. The molecule has 4 rings (SSSR count). The first kappa shape index (κ1) is 23.2. The van der Waals surface area contributed by atoms with E-state index >= 15 is 0 Å². The fourth-order valence-electron chi connectivity index (χ4n) is 3.38. The van der Waals surface area contributed by atoms with Gasteiger partial charge in [0.15, 0.2) is 0 Å². The van der Waals surface area contributed by atoms with Crippen LogP contribution in [0, 0.1) is 5.82 Å². The third-order valence-corrected chi connectivity index (χ3v) is 5.13. The number of carbonyl (C=O) groups is 1. The zero-order valence-electron chi connectivity index (χ0n) is 18.6. The minimum Gasteiger partial charge on any atom is -0.269 e. The maximum absolute atomic E-state index is 13.4. The molecule has 0 heterocycles. The molecular formula is C28H25FN2O3. The van der Waals surface area contributed by atoms with Crippen LogP contribution >= 0.6 is 0 Å². The van der Waals surface area contributed by atoms with E-state index in [-0.39, 0.29) is 18.3 Å². The summed E-state index contributed by atoms with van der Waals surface area (Å²) in [6, 6.07) is 32.6. The highest BCUT2D eigenvalue weighted by Gasteiger charge is 2.18. The number of rotatable bonds is 10. The molecule has 0 bridgehead atoms. The smallest absolute Gasteiger partial charge is 0.269 e. The Morgan fingerprint density at radius 3 is 1.97 bits per heavy atom. The van der Waals surface area contributed by atoms with Crippen LogP contribution < -0.4 is 10.5 Å². The maximum atomic E-state index is 13.4. The monoisotopic (exact) mass is 456 g/mol. The van der Waals surface area contributed by atoms with Crippen LogP contribution in [-0.2, 0) is 29.4 Å². The molecule has 0 radical (unpaired) electrons. The Morgan fingerprint density at radius 2 is 1.29 bits per heavy atom. The molecule has 5 nitrogen and oxygen atoms in total. The normalized spacial score (nSPS) is 10.6. The summed E-state index contributed by atoms with van der Waals surface area (Å²) in [6.07, 6.45) is 0. The number of benzene rings is 4. The van der Waals surface area contributed by atoms with E-state index in [1.54, 1.807) is 35.4 Å². The van der Waals surface area contributed by atoms with Gasteiger partial charge in [0.2, 0.25) is 0 Å². The van der Waals surface area contributed by atoms with Crippen molar-refractivity contribution in [3.63, 3.8) is 0 Å². The average molecular weight is 457 g/mol. The summed E-state index contributed by atoms with van der Waals surface area (Å²) in [5, 5.41) is 1.65. The number of hydrogen-bond acceptors (Lipinski definition) is 4. The lowest BCUT2D eigenvalue weighted by molar-refractivity contribution is 0.0231. The van der Waals surface area contributed by atoms with E-state index in [1.807, 2.05) is 66.7 Å². The Bertz CT molecular complexity index is 1190. The van der Waals surface area contributed by atoms with Crippen molar-refractivity contribution < 1.29 is 18.9 Å². The van der Waals surface area contributed by atoms with Crippen molar-refractivity contribution in [1.29, 1.82) is 0 Å². The Kier molecular flexibility index (Phi) is 8.00. The van der Waals surface area contributed by atoms with E-state index in [1.165, 1.54) is 12.1 Å². The van der Waals surface area contributed by atoms with Gasteiger partial charge in [0.25, 0.3) is 5.91 Å². The van der Waals surface area contributed by atoms with E-state index in [2.05, 4.69) is 5.48 Å². The van der Waals surface area contributed by atoms with Crippen LogP contribution in [0.25, 0.3) is 0 Å². The van der Waals surface area contributed by atoms with Crippen LogP contribution in [-0.4, -0.2) is 5.91 Å². The van der Waals surface area contributed by atoms with Crippen LogP contribution in [0.1, 0.15) is 27.0 Å². The largest absolute Gasteiger partial charge is 0.277 e. The minimum atomic E-state index is -0.390. The Hall–Kier alpha value is -4.00. The van der Waals surface area contributed by atoms with Crippen LogP contribution in [0.5, 0.6) is 0 Å². The molecule has 34 heavy (non-hydrogen) atoms. The van der Waals surface area contributed by atoms with Gasteiger partial charge in [-0.2, -0.15) is 0 Å². The van der Waals surface area contributed by atoms with E-state index in [9.17, 15) is 9.18 Å². The molecule has 4 aromatic carbocycles. The lowest BCUT2D eigenvalue weighted by Gasteiger charge is -2.26. The molecule has 0 aliphatic heterocycles. The van der Waals surface area contributed by atoms with Gasteiger partial charge < -0.3 is 0 Å². The first-order chi connectivity index (χ1) is 16.7. The molecule has 0 fully saturated rings. The van der Waals surface area contributed by atoms with Crippen LogP contribution in [0.3, 0.4) is 0 Å². The van der Waals surface area contributed by atoms with Gasteiger partial charge in [-0.25, -0.2) is 14.9 Å². The van der Waals surface area contributed by atoms with Crippen molar-refractivity contribution in [2.75, 3.05) is 5.06 Å². The molecule has 0 saturated carbocycles. The van der Waals surface area contributed by atoms with Gasteiger partial charge in [0, 0.05) is 0 Å². The van der Waals surface area contributed by atoms with Crippen molar-refractivity contribution in [3.8, 4) is 0 Å². The predicted molar refractivity (Wildman–Crippen MR) is 129 cm³/mol. The van der Waals surface area contributed by atoms with E-state index < -0.39 is 0 Å². The first-order valence-corrected chi connectivity index (χ1v) is 10.9. The second-order valence-corrected chi connectivity index (χ2v) is 7.64. The molecule has 0 aliphatic carbocycles. The average Bonchev–Trinajstić information content (AvgIpc) is 2.89. The number of nitrogens with one attached hydrogen (secondary N) is 1. The SMILES string of the molecule is O=C(NOCc1ccccc1)c1ccccc1N(Cc1ccc(F)cc1)OCc1ccccc1. The van der Waals surface area contributed by atoms with Crippen LogP contribution in [0.4, 0.5) is 10.1 Å². The zero-order valence-corrected chi connectivity index (χ0v) is 18.6.